The van der Waals surface area contributed by atoms with Gasteiger partial charge in [0.1, 0.15) is 11.5 Å². The van der Waals surface area contributed by atoms with Crippen LogP contribution in [-0.2, 0) is 4.79 Å². The maximum Gasteiger partial charge on any atom is 0.279 e. The molecule has 0 radical (unpaired) electrons. The van der Waals surface area contributed by atoms with E-state index in [1.165, 1.54) is 0 Å². The third-order valence-electron chi connectivity index (χ3n) is 4.89. The summed E-state index contributed by atoms with van der Waals surface area (Å²) in [5, 5.41) is 2.85. The number of carbonyl (C=O) groups excluding carboxylic acids is 1. The number of hydrogen-bond acceptors (Lipinski definition) is 5. The van der Waals surface area contributed by atoms with Gasteiger partial charge in [-0.15, -0.1) is 0 Å². The van der Waals surface area contributed by atoms with E-state index in [0.29, 0.717) is 28.5 Å². The molecule has 3 aromatic rings. The van der Waals surface area contributed by atoms with Crippen LogP contribution in [0.1, 0.15) is 29.0 Å². The SMILES string of the molecule is Cc1cccn2c3c(c(=O)nc12)[C@H](c1ccc2c(c1)OCO2)CC(=O)N3. The van der Waals surface area contributed by atoms with E-state index >= 15 is 0 Å². The van der Waals surface area contributed by atoms with Crippen molar-refractivity contribution in [1.82, 2.24) is 9.38 Å². The summed E-state index contributed by atoms with van der Waals surface area (Å²) in [7, 11) is 0. The van der Waals surface area contributed by atoms with Crippen molar-refractivity contribution in [1.29, 1.82) is 0 Å². The molecule has 1 atom stereocenters. The van der Waals surface area contributed by atoms with Crippen LogP contribution in [0.3, 0.4) is 0 Å². The minimum atomic E-state index is -0.384. The molecular formula is C19H15N3O4. The Bertz CT molecular complexity index is 1140. The van der Waals surface area contributed by atoms with Crippen LogP contribution in [0.2, 0.25) is 0 Å². The number of aromatic nitrogens is 2. The van der Waals surface area contributed by atoms with Gasteiger partial charge in [-0.05, 0) is 36.2 Å². The van der Waals surface area contributed by atoms with Gasteiger partial charge in [-0.2, -0.15) is 4.98 Å². The largest absolute Gasteiger partial charge is 0.454 e. The summed E-state index contributed by atoms with van der Waals surface area (Å²) >= 11 is 0. The lowest BCUT2D eigenvalue weighted by atomic mass is 9.86. The molecular weight excluding hydrogens is 334 g/mol. The minimum absolute atomic E-state index is 0.138. The first-order chi connectivity index (χ1) is 12.6. The van der Waals surface area contributed by atoms with Gasteiger partial charge < -0.3 is 14.8 Å². The van der Waals surface area contributed by atoms with E-state index in [2.05, 4.69) is 10.3 Å². The van der Waals surface area contributed by atoms with Gasteiger partial charge in [0.25, 0.3) is 5.56 Å². The summed E-state index contributed by atoms with van der Waals surface area (Å²) in [6.45, 7) is 2.06. The monoisotopic (exact) mass is 349 g/mol. The molecule has 2 aliphatic rings. The van der Waals surface area contributed by atoms with Gasteiger partial charge in [-0.1, -0.05) is 12.1 Å². The highest BCUT2D eigenvalue weighted by Crippen LogP contribution is 2.40. The number of anilines is 1. The Morgan fingerprint density at radius 2 is 2.04 bits per heavy atom. The third-order valence-corrected chi connectivity index (χ3v) is 4.89. The number of amides is 1. The predicted molar refractivity (Wildman–Crippen MR) is 93.9 cm³/mol. The van der Waals surface area contributed by atoms with Crippen molar-refractivity contribution >= 4 is 17.4 Å². The minimum Gasteiger partial charge on any atom is -0.454 e. The Labute approximate surface area is 148 Å². The van der Waals surface area contributed by atoms with Gasteiger partial charge in [0.2, 0.25) is 12.7 Å². The van der Waals surface area contributed by atoms with Gasteiger partial charge in [-0.25, -0.2) is 0 Å². The van der Waals surface area contributed by atoms with Crippen molar-refractivity contribution in [3.8, 4) is 11.5 Å². The zero-order valence-electron chi connectivity index (χ0n) is 14.0. The number of pyridine rings is 1. The molecule has 5 rings (SSSR count). The lowest BCUT2D eigenvalue weighted by Gasteiger charge is -2.26. The van der Waals surface area contributed by atoms with E-state index < -0.39 is 0 Å². The summed E-state index contributed by atoms with van der Waals surface area (Å²) in [5.41, 5.74) is 2.41. The summed E-state index contributed by atoms with van der Waals surface area (Å²) in [5.74, 6) is 1.26. The molecule has 0 aliphatic carbocycles. The van der Waals surface area contributed by atoms with Gasteiger partial charge in [-0.3, -0.25) is 14.0 Å². The standard InChI is InChI=1S/C19H15N3O4/c1-10-3-2-6-22-17(10)21-19(24)16-12(8-15(23)20-18(16)22)11-4-5-13-14(7-11)26-9-25-13/h2-7,12H,8-9H2,1H3,(H,20,23)/t12-/m0/s1. The molecule has 7 nitrogen and oxygen atoms in total. The molecule has 0 saturated carbocycles. The topological polar surface area (TPSA) is 81.9 Å². The summed E-state index contributed by atoms with van der Waals surface area (Å²) in [4.78, 5) is 29.5. The molecule has 0 saturated heterocycles. The van der Waals surface area contributed by atoms with Crippen LogP contribution in [0.4, 0.5) is 5.82 Å². The van der Waals surface area contributed by atoms with Crippen LogP contribution >= 0.6 is 0 Å². The smallest absolute Gasteiger partial charge is 0.279 e. The lowest BCUT2D eigenvalue weighted by molar-refractivity contribution is -0.116. The molecule has 1 N–H and O–H groups in total. The molecule has 1 amide bonds. The van der Waals surface area contributed by atoms with E-state index in [1.807, 2.05) is 31.2 Å². The van der Waals surface area contributed by atoms with Crippen molar-refractivity contribution in [3.63, 3.8) is 0 Å². The molecule has 0 spiro atoms. The fraction of sp³-hybridized carbons (Fsp3) is 0.211. The molecule has 4 heterocycles. The molecule has 7 heteroatoms. The van der Waals surface area contributed by atoms with Crippen LogP contribution < -0.4 is 20.3 Å². The number of benzene rings is 1. The van der Waals surface area contributed by atoms with E-state index in [4.69, 9.17) is 9.47 Å². The van der Waals surface area contributed by atoms with E-state index in [1.54, 1.807) is 16.7 Å². The van der Waals surface area contributed by atoms with Crippen molar-refractivity contribution in [2.24, 2.45) is 0 Å². The lowest BCUT2D eigenvalue weighted by Crippen LogP contribution is -2.32. The van der Waals surface area contributed by atoms with Crippen LogP contribution in [0.15, 0.2) is 41.3 Å². The Morgan fingerprint density at radius 1 is 1.19 bits per heavy atom. The van der Waals surface area contributed by atoms with E-state index in [9.17, 15) is 9.59 Å². The number of rotatable bonds is 1. The first kappa shape index (κ1) is 14.9. The maximum atomic E-state index is 12.8. The summed E-state index contributed by atoms with van der Waals surface area (Å²) in [6, 6.07) is 9.25. The highest BCUT2D eigenvalue weighted by atomic mass is 16.7. The Morgan fingerprint density at radius 3 is 2.92 bits per heavy atom. The summed E-state index contributed by atoms with van der Waals surface area (Å²) in [6.07, 6.45) is 1.98. The van der Waals surface area contributed by atoms with Crippen LogP contribution in [0.25, 0.3) is 5.65 Å². The zero-order chi connectivity index (χ0) is 17.8. The fourth-order valence-electron chi connectivity index (χ4n) is 3.65. The Hall–Kier alpha value is -3.35. The molecule has 0 unspecified atom stereocenters. The van der Waals surface area contributed by atoms with Crippen molar-refractivity contribution in [2.75, 3.05) is 12.1 Å². The second-order valence-corrected chi connectivity index (χ2v) is 6.48. The van der Waals surface area contributed by atoms with Crippen molar-refractivity contribution < 1.29 is 14.3 Å². The Balaban J connectivity index is 1.76. The third kappa shape index (κ3) is 2.10. The molecule has 1 aromatic carbocycles. The maximum absolute atomic E-state index is 12.8. The van der Waals surface area contributed by atoms with Crippen LogP contribution in [0.5, 0.6) is 11.5 Å². The summed E-state index contributed by atoms with van der Waals surface area (Å²) < 4.78 is 12.6. The number of aryl methyl sites for hydroxylation is 1. The first-order valence-electron chi connectivity index (χ1n) is 8.33. The number of carbonyl (C=O) groups is 1. The fourth-order valence-corrected chi connectivity index (χ4v) is 3.65. The van der Waals surface area contributed by atoms with E-state index in [0.717, 1.165) is 11.1 Å². The molecule has 2 aromatic heterocycles. The number of nitrogens with zero attached hydrogens (tertiary/aromatic N) is 2. The van der Waals surface area contributed by atoms with Gasteiger partial charge in [0.15, 0.2) is 11.5 Å². The molecule has 26 heavy (non-hydrogen) atoms. The zero-order valence-corrected chi connectivity index (χ0v) is 14.0. The van der Waals surface area contributed by atoms with Gasteiger partial charge >= 0.3 is 0 Å². The highest BCUT2D eigenvalue weighted by molar-refractivity contribution is 5.94. The quantitative estimate of drug-likeness (QED) is 0.728. The van der Waals surface area contributed by atoms with Gasteiger partial charge in [0.05, 0.1) is 5.56 Å². The number of nitrogens with one attached hydrogen (secondary N) is 1. The number of ether oxygens (including phenoxy) is 2. The molecule has 2 aliphatic heterocycles. The van der Waals surface area contributed by atoms with Crippen molar-refractivity contribution in [2.45, 2.75) is 19.3 Å². The van der Waals surface area contributed by atoms with E-state index in [-0.39, 0.29) is 30.6 Å². The van der Waals surface area contributed by atoms with Crippen LogP contribution in [0, 0.1) is 6.92 Å². The predicted octanol–water partition coefficient (Wildman–Crippen LogP) is 2.21. The molecule has 0 bridgehead atoms. The number of hydrogen-bond donors (Lipinski definition) is 1. The average molecular weight is 349 g/mol. The first-order valence-corrected chi connectivity index (χ1v) is 8.33. The Kier molecular flexibility index (Phi) is 3.06. The average Bonchev–Trinajstić information content (AvgIpc) is 3.10. The van der Waals surface area contributed by atoms with Crippen molar-refractivity contribution in [3.05, 3.63) is 63.6 Å². The second-order valence-electron chi connectivity index (χ2n) is 6.48. The van der Waals surface area contributed by atoms with Gasteiger partial charge in [0, 0.05) is 18.5 Å². The molecule has 0 fully saturated rings. The normalized spacial score (nSPS) is 17.9. The number of fused-ring (bicyclic) bond motifs is 4. The van der Waals surface area contributed by atoms with Crippen LogP contribution in [-0.4, -0.2) is 22.1 Å². The highest BCUT2D eigenvalue weighted by Gasteiger charge is 2.32. The molecule has 130 valence electrons. The second kappa shape index (κ2) is 5.32.